The number of benzene rings is 2. The first kappa shape index (κ1) is 20.9. The van der Waals surface area contributed by atoms with Crippen molar-refractivity contribution in [2.24, 2.45) is 10.7 Å². The van der Waals surface area contributed by atoms with Crippen molar-refractivity contribution in [3.63, 3.8) is 0 Å². The van der Waals surface area contributed by atoms with E-state index in [4.69, 9.17) is 10.5 Å². The maximum absolute atomic E-state index is 14.0. The van der Waals surface area contributed by atoms with Crippen molar-refractivity contribution in [1.82, 2.24) is 4.90 Å². The molecule has 2 N–H and O–H groups in total. The molecule has 0 aliphatic carbocycles. The van der Waals surface area contributed by atoms with Crippen molar-refractivity contribution in [3.05, 3.63) is 64.8 Å². The third-order valence-corrected chi connectivity index (χ3v) is 5.96. The number of nitrogens with two attached hydrogens (primary N) is 1. The quantitative estimate of drug-likeness (QED) is 0.719. The van der Waals surface area contributed by atoms with Crippen LogP contribution in [0.25, 0.3) is 6.08 Å². The maximum Gasteiger partial charge on any atom is 0.286 e. The van der Waals surface area contributed by atoms with Gasteiger partial charge in [-0.25, -0.2) is 4.39 Å². The zero-order valence-electron chi connectivity index (χ0n) is 16.7. The monoisotopic (exact) mass is 440 g/mol. The van der Waals surface area contributed by atoms with Crippen LogP contribution in [-0.2, 0) is 9.59 Å². The number of halogens is 1. The molecule has 0 spiro atoms. The fourth-order valence-electron chi connectivity index (χ4n) is 3.35. The summed E-state index contributed by atoms with van der Waals surface area (Å²) < 4.78 is 19.3. The molecule has 2 aliphatic rings. The zero-order valence-corrected chi connectivity index (χ0v) is 17.5. The van der Waals surface area contributed by atoms with Crippen LogP contribution in [0, 0.1) is 5.82 Å². The number of anilines is 1. The van der Waals surface area contributed by atoms with Gasteiger partial charge in [-0.1, -0.05) is 24.3 Å². The molecule has 7 nitrogen and oxygen atoms in total. The molecule has 0 atom stereocenters. The average molecular weight is 441 g/mol. The van der Waals surface area contributed by atoms with Gasteiger partial charge in [0, 0.05) is 26.2 Å². The number of piperazine rings is 1. The second kappa shape index (κ2) is 9.22. The van der Waals surface area contributed by atoms with Gasteiger partial charge >= 0.3 is 0 Å². The number of carbonyl (C=O) groups excluding carboxylic acids is 2. The van der Waals surface area contributed by atoms with Crippen LogP contribution >= 0.6 is 11.8 Å². The van der Waals surface area contributed by atoms with Crippen LogP contribution in [0.2, 0.25) is 0 Å². The van der Waals surface area contributed by atoms with Gasteiger partial charge in [-0.3, -0.25) is 9.59 Å². The number of nitrogens with zero attached hydrogens (tertiary/aromatic N) is 3. The Morgan fingerprint density at radius 1 is 1.10 bits per heavy atom. The van der Waals surface area contributed by atoms with Crippen molar-refractivity contribution in [2.45, 2.75) is 0 Å². The molecule has 160 valence electrons. The summed E-state index contributed by atoms with van der Waals surface area (Å²) in [7, 11) is 0. The van der Waals surface area contributed by atoms with Gasteiger partial charge in [0.1, 0.15) is 11.6 Å². The Morgan fingerprint density at radius 3 is 2.45 bits per heavy atom. The highest BCUT2D eigenvalue weighted by atomic mass is 32.2. The molecule has 1 fully saturated rings. The minimum absolute atomic E-state index is 0.184. The predicted molar refractivity (Wildman–Crippen MR) is 119 cm³/mol. The van der Waals surface area contributed by atoms with E-state index in [2.05, 4.69) is 9.89 Å². The van der Waals surface area contributed by atoms with Gasteiger partial charge in [0.05, 0.1) is 10.6 Å². The Labute approximate surface area is 183 Å². The molecule has 2 heterocycles. The summed E-state index contributed by atoms with van der Waals surface area (Å²) in [6.07, 6.45) is 1.77. The summed E-state index contributed by atoms with van der Waals surface area (Å²) in [6.45, 7) is 2.44. The highest BCUT2D eigenvalue weighted by Crippen LogP contribution is 2.31. The summed E-state index contributed by atoms with van der Waals surface area (Å²) >= 11 is 1.34. The number of carbonyl (C=O) groups is 2. The lowest BCUT2D eigenvalue weighted by atomic mass is 10.2. The normalized spacial score (nSPS) is 17.8. The van der Waals surface area contributed by atoms with Gasteiger partial charge < -0.3 is 20.3 Å². The third kappa shape index (κ3) is 5.05. The van der Waals surface area contributed by atoms with Crippen LogP contribution in [0.5, 0.6) is 5.75 Å². The van der Waals surface area contributed by atoms with Crippen LogP contribution in [0.3, 0.4) is 0 Å². The second-order valence-electron chi connectivity index (χ2n) is 7.06. The summed E-state index contributed by atoms with van der Waals surface area (Å²) in [6, 6.07) is 13.8. The topological polar surface area (TPSA) is 88.2 Å². The largest absolute Gasteiger partial charge is 0.484 e. The highest BCUT2D eigenvalue weighted by molar-refractivity contribution is 8.18. The standard InChI is InChI=1S/C22H21FN4O3S/c23-17-3-1-2-4-18(17)26-9-11-27(12-10-26)22-25-21(29)19(31-22)13-15-5-7-16(8-6-15)30-14-20(24)28/h1-8,13H,9-12,14H2,(H2,24,28). The number of primary amides is 1. The van der Waals surface area contributed by atoms with Gasteiger partial charge in [0.2, 0.25) is 0 Å². The highest BCUT2D eigenvalue weighted by Gasteiger charge is 2.29. The predicted octanol–water partition coefficient (Wildman–Crippen LogP) is 2.48. The summed E-state index contributed by atoms with van der Waals surface area (Å²) in [5.74, 6) is -0.518. The van der Waals surface area contributed by atoms with Crippen LogP contribution in [0.15, 0.2) is 58.4 Å². The first-order valence-electron chi connectivity index (χ1n) is 9.78. The Bertz CT molecular complexity index is 1050. The first-order valence-corrected chi connectivity index (χ1v) is 10.6. The van der Waals surface area contributed by atoms with E-state index >= 15 is 0 Å². The molecule has 0 unspecified atom stereocenters. The average Bonchev–Trinajstić information content (AvgIpc) is 3.14. The van der Waals surface area contributed by atoms with Crippen LogP contribution in [-0.4, -0.2) is 54.7 Å². The van der Waals surface area contributed by atoms with E-state index in [9.17, 15) is 14.0 Å². The van der Waals surface area contributed by atoms with Crippen molar-refractivity contribution in [1.29, 1.82) is 0 Å². The Morgan fingerprint density at radius 2 is 1.77 bits per heavy atom. The minimum Gasteiger partial charge on any atom is -0.484 e. The summed E-state index contributed by atoms with van der Waals surface area (Å²) in [5.41, 5.74) is 6.49. The number of amidine groups is 1. The zero-order chi connectivity index (χ0) is 21.8. The lowest BCUT2D eigenvalue weighted by Crippen LogP contribution is -2.48. The molecule has 2 aromatic rings. The minimum atomic E-state index is -0.543. The van der Waals surface area contributed by atoms with Gasteiger partial charge in [0.25, 0.3) is 11.8 Å². The Hall–Kier alpha value is -3.33. The molecule has 0 radical (unpaired) electrons. The molecular weight excluding hydrogens is 419 g/mol. The molecule has 0 saturated carbocycles. The molecule has 1 saturated heterocycles. The molecule has 2 aliphatic heterocycles. The van der Waals surface area contributed by atoms with Gasteiger partial charge in [-0.15, -0.1) is 0 Å². The Balaban J connectivity index is 1.35. The van der Waals surface area contributed by atoms with Gasteiger partial charge in [-0.05, 0) is 47.7 Å². The summed E-state index contributed by atoms with van der Waals surface area (Å²) in [4.78, 5) is 32.0. The second-order valence-corrected chi connectivity index (χ2v) is 8.07. The van der Waals surface area contributed by atoms with E-state index in [1.54, 1.807) is 42.5 Å². The van der Waals surface area contributed by atoms with Crippen molar-refractivity contribution in [3.8, 4) is 5.75 Å². The van der Waals surface area contributed by atoms with Crippen molar-refractivity contribution in [2.75, 3.05) is 37.7 Å². The van der Waals surface area contributed by atoms with Gasteiger partial charge in [0.15, 0.2) is 11.8 Å². The SMILES string of the molecule is NC(=O)COc1ccc(C=C2SC(N3CCN(c4ccccc4F)CC3)=NC2=O)cc1. The molecule has 2 aromatic carbocycles. The lowest BCUT2D eigenvalue weighted by Gasteiger charge is -2.36. The molecule has 0 aromatic heterocycles. The van der Waals surface area contributed by atoms with E-state index in [1.165, 1.54) is 17.8 Å². The summed E-state index contributed by atoms with van der Waals surface area (Å²) in [5, 5.41) is 0.672. The maximum atomic E-state index is 14.0. The van der Waals surface area contributed by atoms with E-state index in [-0.39, 0.29) is 18.3 Å². The van der Waals surface area contributed by atoms with Crippen molar-refractivity contribution < 1.29 is 18.7 Å². The number of hydrogen-bond acceptors (Lipinski definition) is 6. The van der Waals surface area contributed by atoms with Crippen LogP contribution in [0.1, 0.15) is 5.56 Å². The van der Waals surface area contributed by atoms with E-state index in [1.807, 2.05) is 11.0 Å². The Kier molecular flexibility index (Phi) is 6.22. The van der Waals surface area contributed by atoms with E-state index in [0.29, 0.717) is 47.7 Å². The molecule has 4 rings (SSSR count). The molecule has 0 bridgehead atoms. The fraction of sp³-hybridized carbons (Fsp3) is 0.227. The molecule has 31 heavy (non-hydrogen) atoms. The first-order chi connectivity index (χ1) is 15.0. The van der Waals surface area contributed by atoms with Crippen LogP contribution < -0.4 is 15.4 Å². The number of rotatable bonds is 5. The van der Waals surface area contributed by atoms with E-state index in [0.717, 1.165) is 5.56 Å². The van der Waals surface area contributed by atoms with E-state index < -0.39 is 5.91 Å². The number of ether oxygens (including phenoxy) is 1. The number of hydrogen-bond donors (Lipinski definition) is 1. The third-order valence-electron chi connectivity index (χ3n) is 4.91. The molecule has 2 amide bonds. The number of aliphatic imine (C=N–C) groups is 1. The molecule has 9 heteroatoms. The number of amides is 2. The number of para-hydroxylation sites is 1. The smallest absolute Gasteiger partial charge is 0.286 e. The van der Waals surface area contributed by atoms with Crippen LogP contribution in [0.4, 0.5) is 10.1 Å². The van der Waals surface area contributed by atoms with Crippen molar-refractivity contribution >= 4 is 40.5 Å². The molecular formula is C22H21FN4O3S. The lowest BCUT2D eigenvalue weighted by molar-refractivity contribution is -0.120. The fourth-order valence-corrected chi connectivity index (χ4v) is 4.31. The van der Waals surface area contributed by atoms with Gasteiger partial charge in [-0.2, -0.15) is 4.99 Å². The number of thioether (sulfide) groups is 1.